The molecule has 5 heteroatoms. The Hall–Kier alpha value is -1.49. The third-order valence-corrected chi connectivity index (χ3v) is 2.23. The largest absolute Gasteiger partial charge is 0.496 e. The van der Waals surface area contributed by atoms with Gasteiger partial charge in [-0.05, 0) is 0 Å². The minimum absolute atomic E-state index is 0.285. The molecule has 0 spiro atoms. The minimum atomic E-state index is -1.27. The van der Waals surface area contributed by atoms with Crippen molar-refractivity contribution in [3.05, 3.63) is 17.7 Å². The van der Waals surface area contributed by atoms with E-state index in [4.69, 9.17) is 14.2 Å². The molecule has 1 aromatic rings. The maximum atomic E-state index is 12.5. The van der Waals surface area contributed by atoms with Crippen LogP contribution in [0.2, 0.25) is 0 Å². The Morgan fingerprint density at radius 1 is 1.12 bits per heavy atom. The van der Waals surface area contributed by atoms with Gasteiger partial charge in [-0.2, -0.15) is 0 Å². The summed E-state index contributed by atoms with van der Waals surface area (Å²) in [6, 6.07) is 3.13. The van der Waals surface area contributed by atoms with Gasteiger partial charge in [0.2, 0.25) is 0 Å². The molecule has 0 bridgehead atoms. The Labute approximate surface area is 93.6 Å². The Morgan fingerprint density at radius 2 is 1.62 bits per heavy atom. The van der Waals surface area contributed by atoms with Crippen LogP contribution in [-0.4, -0.2) is 33.1 Å². The molecule has 0 radical (unpaired) electrons. The van der Waals surface area contributed by atoms with E-state index in [0.29, 0.717) is 17.2 Å². The van der Waals surface area contributed by atoms with Gasteiger partial charge in [0.1, 0.15) is 30.0 Å². The molecule has 1 unspecified atom stereocenters. The van der Waals surface area contributed by atoms with Gasteiger partial charge >= 0.3 is 0 Å². The summed E-state index contributed by atoms with van der Waals surface area (Å²) in [7, 11) is 4.37. The lowest BCUT2D eigenvalue weighted by Gasteiger charge is -2.17. The highest BCUT2D eigenvalue weighted by Crippen LogP contribution is 2.38. The Kier molecular flexibility index (Phi) is 4.37. The van der Waals surface area contributed by atoms with Crippen LogP contribution in [0.1, 0.15) is 11.7 Å². The van der Waals surface area contributed by atoms with Crippen LogP contribution in [0.5, 0.6) is 17.2 Å². The maximum Gasteiger partial charge on any atom is 0.132 e. The summed E-state index contributed by atoms with van der Waals surface area (Å²) in [5.74, 6) is 1.19. The first-order valence-electron chi connectivity index (χ1n) is 4.71. The van der Waals surface area contributed by atoms with Gasteiger partial charge in [-0.3, -0.25) is 0 Å². The van der Waals surface area contributed by atoms with Gasteiger partial charge in [0.15, 0.2) is 0 Å². The zero-order chi connectivity index (χ0) is 12.1. The van der Waals surface area contributed by atoms with Gasteiger partial charge in [0, 0.05) is 12.1 Å². The summed E-state index contributed by atoms with van der Waals surface area (Å²) >= 11 is 0. The van der Waals surface area contributed by atoms with Gasteiger partial charge in [0.05, 0.1) is 26.9 Å². The number of rotatable bonds is 5. The van der Waals surface area contributed by atoms with Gasteiger partial charge in [-0.1, -0.05) is 0 Å². The standard InChI is InChI=1S/C11H15FO4/c1-14-7-4-9(15-2)11(8(13)6-12)10(5-7)16-3/h4-5,8,13H,6H2,1-3H3. The van der Waals surface area contributed by atoms with E-state index >= 15 is 0 Å². The molecule has 0 aromatic heterocycles. The van der Waals surface area contributed by atoms with Crippen molar-refractivity contribution in [2.45, 2.75) is 6.10 Å². The Bertz CT molecular complexity index is 329. The van der Waals surface area contributed by atoms with Crippen molar-refractivity contribution in [2.75, 3.05) is 28.0 Å². The first-order chi connectivity index (χ1) is 7.67. The zero-order valence-electron chi connectivity index (χ0n) is 9.49. The SMILES string of the molecule is COc1cc(OC)c(C(O)CF)c(OC)c1. The number of hydrogen-bond donors (Lipinski definition) is 1. The molecule has 0 aliphatic carbocycles. The smallest absolute Gasteiger partial charge is 0.132 e. The van der Waals surface area contributed by atoms with Crippen molar-refractivity contribution in [1.82, 2.24) is 0 Å². The summed E-state index contributed by atoms with van der Waals surface area (Å²) in [6.07, 6.45) is -1.27. The van der Waals surface area contributed by atoms with Crippen LogP contribution in [0.25, 0.3) is 0 Å². The molecule has 1 aromatic carbocycles. The van der Waals surface area contributed by atoms with E-state index in [9.17, 15) is 9.50 Å². The molecule has 0 aliphatic rings. The zero-order valence-corrected chi connectivity index (χ0v) is 9.49. The number of aliphatic hydroxyl groups excluding tert-OH is 1. The topological polar surface area (TPSA) is 47.9 Å². The van der Waals surface area contributed by atoms with Gasteiger partial charge in [-0.25, -0.2) is 4.39 Å². The van der Waals surface area contributed by atoms with E-state index < -0.39 is 12.8 Å². The molecule has 1 atom stereocenters. The van der Waals surface area contributed by atoms with Gasteiger partial charge in [0.25, 0.3) is 0 Å². The van der Waals surface area contributed by atoms with Crippen molar-refractivity contribution in [3.63, 3.8) is 0 Å². The molecule has 0 saturated carbocycles. The first kappa shape index (κ1) is 12.6. The first-order valence-corrected chi connectivity index (χ1v) is 4.71. The Morgan fingerprint density at radius 3 is 1.94 bits per heavy atom. The lowest BCUT2D eigenvalue weighted by molar-refractivity contribution is 0.134. The van der Waals surface area contributed by atoms with Crippen LogP contribution >= 0.6 is 0 Å². The Balaban J connectivity index is 3.31. The highest BCUT2D eigenvalue weighted by molar-refractivity contribution is 5.51. The average molecular weight is 230 g/mol. The molecule has 0 aliphatic heterocycles. The van der Waals surface area contributed by atoms with Crippen LogP contribution in [0, 0.1) is 0 Å². The fraction of sp³-hybridized carbons (Fsp3) is 0.455. The number of halogens is 1. The van der Waals surface area contributed by atoms with Crippen LogP contribution < -0.4 is 14.2 Å². The van der Waals surface area contributed by atoms with Crippen molar-refractivity contribution < 1.29 is 23.7 Å². The van der Waals surface area contributed by atoms with Crippen LogP contribution in [0.4, 0.5) is 4.39 Å². The van der Waals surface area contributed by atoms with E-state index in [1.54, 1.807) is 12.1 Å². The highest BCUT2D eigenvalue weighted by atomic mass is 19.1. The summed E-state index contributed by atoms with van der Waals surface area (Å²) in [6.45, 7) is -0.904. The molecule has 0 saturated heterocycles. The number of aliphatic hydroxyl groups is 1. The second-order valence-corrected chi connectivity index (χ2v) is 3.12. The fourth-order valence-electron chi connectivity index (χ4n) is 1.44. The number of alkyl halides is 1. The average Bonchev–Trinajstić information content (AvgIpc) is 2.35. The second-order valence-electron chi connectivity index (χ2n) is 3.12. The number of ether oxygens (including phenoxy) is 3. The molecule has 0 heterocycles. The number of benzene rings is 1. The molecular weight excluding hydrogens is 215 g/mol. The van der Waals surface area contributed by atoms with E-state index in [-0.39, 0.29) is 5.56 Å². The van der Waals surface area contributed by atoms with E-state index in [1.165, 1.54) is 21.3 Å². The predicted octanol–water partition coefficient (Wildman–Crippen LogP) is 1.72. The molecule has 1 N–H and O–H groups in total. The molecule has 16 heavy (non-hydrogen) atoms. The fourth-order valence-corrected chi connectivity index (χ4v) is 1.44. The van der Waals surface area contributed by atoms with E-state index in [2.05, 4.69) is 0 Å². The third-order valence-electron chi connectivity index (χ3n) is 2.23. The summed E-state index contributed by atoms with van der Waals surface area (Å²) in [4.78, 5) is 0. The normalized spacial score (nSPS) is 12.1. The van der Waals surface area contributed by atoms with Crippen molar-refractivity contribution in [1.29, 1.82) is 0 Å². The lowest BCUT2D eigenvalue weighted by Crippen LogP contribution is -2.05. The van der Waals surface area contributed by atoms with Crippen molar-refractivity contribution in [3.8, 4) is 17.2 Å². The molecule has 0 fully saturated rings. The van der Waals surface area contributed by atoms with E-state index in [1.807, 2.05) is 0 Å². The van der Waals surface area contributed by atoms with Crippen LogP contribution in [0.3, 0.4) is 0 Å². The third kappa shape index (κ3) is 2.36. The molecule has 4 nitrogen and oxygen atoms in total. The summed E-state index contributed by atoms with van der Waals surface area (Å²) in [5, 5.41) is 9.54. The second kappa shape index (κ2) is 5.55. The number of hydrogen-bond acceptors (Lipinski definition) is 4. The number of methoxy groups -OCH3 is 3. The van der Waals surface area contributed by atoms with Gasteiger partial charge < -0.3 is 19.3 Å². The molecule has 90 valence electrons. The summed E-state index contributed by atoms with van der Waals surface area (Å²) in [5.41, 5.74) is 0.285. The maximum absolute atomic E-state index is 12.5. The minimum Gasteiger partial charge on any atom is -0.496 e. The van der Waals surface area contributed by atoms with Crippen LogP contribution in [0.15, 0.2) is 12.1 Å². The van der Waals surface area contributed by atoms with Crippen molar-refractivity contribution >= 4 is 0 Å². The van der Waals surface area contributed by atoms with Crippen LogP contribution in [-0.2, 0) is 0 Å². The highest BCUT2D eigenvalue weighted by Gasteiger charge is 2.20. The molecule has 0 amide bonds. The monoisotopic (exact) mass is 230 g/mol. The molecular formula is C11H15FO4. The molecule has 1 rings (SSSR count). The van der Waals surface area contributed by atoms with Gasteiger partial charge in [-0.15, -0.1) is 0 Å². The lowest BCUT2D eigenvalue weighted by atomic mass is 10.1. The predicted molar refractivity (Wildman–Crippen MR) is 57.0 cm³/mol. The quantitative estimate of drug-likeness (QED) is 0.836. The summed E-state index contributed by atoms with van der Waals surface area (Å²) < 4.78 is 27.7. The van der Waals surface area contributed by atoms with E-state index in [0.717, 1.165) is 0 Å². The van der Waals surface area contributed by atoms with Crippen molar-refractivity contribution in [2.24, 2.45) is 0 Å².